The average molecular weight is 518 g/mol. The number of halogens is 2. The van der Waals surface area contributed by atoms with E-state index in [1.165, 1.54) is 24.9 Å². The van der Waals surface area contributed by atoms with Gasteiger partial charge in [-0.2, -0.15) is 4.98 Å². The number of anilines is 1. The summed E-state index contributed by atoms with van der Waals surface area (Å²) in [6.07, 6.45) is 1.68. The second-order valence-electron chi connectivity index (χ2n) is 7.98. The minimum Gasteiger partial charge on any atom is -0.497 e. The topological polar surface area (TPSA) is 93.8 Å². The number of rotatable bonds is 8. The van der Waals surface area contributed by atoms with Gasteiger partial charge in [-0.05, 0) is 43.4 Å². The Hall–Kier alpha value is -3.08. The standard InChI is InChI=1S/C24H25ClFN5O3S/c1-30-7-9-31(10-8-30)24-28-13-21(35-17-4-5-18(22(27)32)19(25)12-17)23(29-24)34-14-15-11-16(33-2)3-6-20(15)26/h3-6,11-13H,7-10,14H2,1-2H3,(H2,27,32). The van der Waals surface area contributed by atoms with E-state index in [2.05, 4.69) is 26.8 Å². The number of amides is 1. The van der Waals surface area contributed by atoms with Crippen LogP contribution in [0.3, 0.4) is 0 Å². The van der Waals surface area contributed by atoms with Crippen molar-refractivity contribution in [3.8, 4) is 11.6 Å². The third-order valence-corrected chi connectivity index (χ3v) is 6.85. The van der Waals surface area contributed by atoms with Crippen LogP contribution >= 0.6 is 23.4 Å². The number of ether oxygens (including phenoxy) is 2. The second-order valence-corrected chi connectivity index (χ2v) is 9.51. The minimum atomic E-state index is -0.601. The summed E-state index contributed by atoms with van der Waals surface area (Å²) < 4.78 is 25.6. The maximum atomic E-state index is 14.4. The smallest absolute Gasteiger partial charge is 0.250 e. The van der Waals surface area contributed by atoms with Crippen molar-refractivity contribution in [1.82, 2.24) is 14.9 Å². The highest BCUT2D eigenvalue weighted by Crippen LogP contribution is 2.36. The molecule has 1 aliphatic heterocycles. The van der Waals surface area contributed by atoms with Crippen molar-refractivity contribution < 1.29 is 18.7 Å². The van der Waals surface area contributed by atoms with Crippen molar-refractivity contribution >= 4 is 35.2 Å². The first kappa shape index (κ1) is 25.0. The molecule has 0 aliphatic carbocycles. The van der Waals surface area contributed by atoms with E-state index < -0.39 is 11.7 Å². The highest BCUT2D eigenvalue weighted by atomic mass is 35.5. The summed E-state index contributed by atoms with van der Waals surface area (Å²) in [5.74, 6) is 0.393. The lowest BCUT2D eigenvalue weighted by Crippen LogP contribution is -2.45. The molecule has 11 heteroatoms. The summed E-state index contributed by atoms with van der Waals surface area (Å²) in [5, 5.41) is 0.249. The van der Waals surface area contributed by atoms with Crippen molar-refractivity contribution in [2.45, 2.75) is 16.4 Å². The van der Waals surface area contributed by atoms with Crippen LogP contribution in [0, 0.1) is 5.82 Å². The molecule has 35 heavy (non-hydrogen) atoms. The van der Waals surface area contributed by atoms with Gasteiger partial charge in [0.1, 0.15) is 18.2 Å². The van der Waals surface area contributed by atoms with E-state index in [0.717, 1.165) is 31.1 Å². The normalized spacial score (nSPS) is 14.1. The molecule has 0 unspecified atom stereocenters. The van der Waals surface area contributed by atoms with Crippen LogP contribution in [0.1, 0.15) is 15.9 Å². The van der Waals surface area contributed by atoms with Gasteiger partial charge >= 0.3 is 0 Å². The zero-order valence-electron chi connectivity index (χ0n) is 19.3. The Morgan fingerprint density at radius 3 is 2.66 bits per heavy atom. The molecule has 0 radical (unpaired) electrons. The third-order valence-electron chi connectivity index (χ3n) is 5.55. The molecule has 1 amide bonds. The summed E-state index contributed by atoms with van der Waals surface area (Å²) in [4.78, 5) is 26.4. The van der Waals surface area contributed by atoms with Crippen LogP contribution in [-0.4, -0.2) is 61.1 Å². The molecule has 2 N–H and O–H groups in total. The Morgan fingerprint density at radius 2 is 1.97 bits per heavy atom. The van der Waals surface area contributed by atoms with E-state index in [1.54, 1.807) is 36.5 Å². The molecule has 4 rings (SSSR count). The van der Waals surface area contributed by atoms with Gasteiger partial charge in [-0.3, -0.25) is 4.79 Å². The maximum absolute atomic E-state index is 14.4. The lowest BCUT2D eigenvalue weighted by atomic mass is 10.2. The Labute approximate surface area is 212 Å². The molecule has 3 aromatic rings. The highest BCUT2D eigenvalue weighted by Gasteiger charge is 2.20. The molecule has 1 saturated heterocycles. The van der Waals surface area contributed by atoms with E-state index >= 15 is 0 Å². The summed E-state index contributed by atoms with van der Waals surface area (Å²) >= 11 is 7.54. The van der Waals surface area contributed by atoms with Crippen molar-refractivity contribution in [3.63, 3.8) is 0 Å². The number of aromatic nitrogens is 2. The van der Waals surface area contributed by atoms with Gasteiger partial charge in [0.25, 0.3) is 0 Å². The quantitative estimate of drug-likeness (QED) is 0.481. The number of nitrogens with two attached hydrogens (primary N) is 1. The summed E-state index contributed by atoms with van der Waals surface area (Å²) in [6, 6.07) is 9.43. The van der Waals surface area contributed by atoms with Gasteiger partial charge in [0, 0.05) is 36.6 Å². The Balaban J connectivity index is 1.62. The molecule has 8 nitrogen and oxygen atoms in total. The van der Waals surface area contributed by atoms with Gasteiger partial charge in [0.05, 0.1) is 28.8 Å². The number of methoxy groups -OCH3 is 1. The summed E-state index contributed by atoms with van der Waals surface area (Å²) in [6.45, 7) is 3.33. The van der Waals surface area contributed by atoms with Crippen molar-refractivity contribution in [2.75, 3.05) is 45.2 Å². The van der Waals surface area contributed by atoms with Gasteiger partial charge in [0.2, 0.25) is 17.7 Å². The predicted molar refractivity (Wildman–Crippen MR) is 133 cm³/mol. The van der Waals surface area contributed by atoms with Crippen molar-refractivity contribution in [3.05, 3.63) is 64.6 Å². The van der Waals surface area contributed by atoms with Gasteiger partial charge in [-0.1, -0.05) is 23.4 Å². The first-order chi connectivity index (χ1) is 16.8. The summed E-state index contributed by atoms with van der Waals surface area (Å²) in [5.41, 5.74) is 5.93. The molecule has 184 valence electrons. The van der Waals surface area contributed by atoms with E-state index in [1.807, 2.05) is 0 Å². The van der Waals surface area contributed by atoms with E-state index in [-0.39, 0.29) is 17.2 Å². The number of benzene rings is 2. The molecular formula is C24H25ClFN5O3S. The first-order valence-corrected chi connectivity index (χ1v) is 12.1. The van der Waals surface area contributed by atoms with Crippen LogP contribution in [0.2, 0.25) is 5.02 Å². The monoisotopic (exact) mass is 517 g/mol. The zero-order valence-corrected chi connectivity index (χ0v) is 20.9. The van der Waals surface area contributed by atoms with Crippen molar-refractivity contribution in [1.29, 1.82) is 0 Å². The molecule has 2 aromatic carbocycles. The number of nitrogens with zero attached hydrogens (tertiary/aromatic N) is 4. The molecule has 2 heterocycles. The Bertz CT molecular complexity index is 1220. The van der Waals surface area contributed by atoms with E-state index in [9.17, 15) is 9.18 Å². The molecule has 1 aliphatic rings. The van der Waals surface area contributed by atoms with Gasteiger partial charge in [-0.15, -0.1) is 0 Å². The number of primary amides is 1. The molecule has 0 bridgehead atoms. The molecule has 0 saturated carbocycles. The molecule has 0 atom stereocenters. The number of piperazine rings is 1. The van der Waals surface area contributed by atoms with Crippen LogP contribution in [0.4, 0.5) is 10.3 Å². The molecule has 1 fully saturated rings. The lowest BCUT2D eigenvalue weighted by Gasteiger charge is -2.32. The number of carbonyl (C=O) groups excluding carboxylic acids is 1. The molecule has 1 aromatic heterocycles. The molecule has 0 spiro atoms. The fourth-order valence-electron chi connectivity index (χ4n) is 3.50. The largest absolute Gasteiger partial charge is 0.497 e. The fraction of sp³-hybridized carbons (Fsp3) is 0.292. The van der Waals surface area contributed by atoms with Crippen LogP contribution < -0.4 is 20.1 Å². The van der Waals surface area contributed by atoms with Gasteiger partial charge in [0.15, 0.2) is 0 Å². The van der Waals surface area contributed by atoms with Gasteiger partial charge < -0.3 is 25.0 Å². The molecular weight excluding hydrogens is 493 g/mol. The maximum Gasteiger partial charge on any atom is 0.250 e. The van der Waals surface area contributed by atoms with E-state index in [4.69, 9.17) is 26.8 Å². The average Bonchev–Trinajstić information content (AvgIpc) is 2.84. The Morgan fingerprint density at radius 1 is 1.20 bits per heavy atom. The van der Waals surface area contributed by atoms with Crippen LogP contribution in [0.5, 0.6) is 11.6 Å². The SMILES string of the molecule is COc1ccc(F)c(COc2nc(N3CCN(C)CC3)ncc2Sc2ccc(C(N)=O)c(Cl)c2)c1. The minimum absolute atomic E-state index is 0.0445. The van der Waals surface area contributed by atoms with Gasteiger partial charge in [-0.25, -0.2) is 9.37 Å². The second kappa shape index (κ2) is 11.1. The van der Waals surface area contributed by atoms with Crippen LogP contribution in [0.25, 0.3) is 0 Å². The fourth-order valence-corrected chi connectivity index (χ4v) is 4.70. The lowest BCUT2D eigenvalue weighted by molar-refractivity contribution is 0.100. The Kier molecular flexibility index (Phi) is 7.94. The van der Waals surface area contributed by atoms with E-state index in [0.29, 0.717) is 28.0 Å². The number of hydrogen-bond donors (Lipinski definition) is 1. The predicted octanol–water partition coefficient (Wildman–Crippen LogP) is 3.86. The first-order valence-electron chi connectivity index (χ1n) is 10.9. The van der Waals surface area contributed by atoms with Crippen LogP contribution in [-0.2, 0) is 6.61 Å². The highest BCUT2D eigenvalue weighted by molar-refractivity contribution is 7.99. The number of hydrogen-bond acceptors (Lipinski definition) is 8. The number of likely N-dealkylation sites (N-methyl/N-ethyl adjacent to an activating group) is 1. The summed E-state index contributed by atoms with van der Waals surface area (Å²) in [7, 11) is 3.60. The zero-order chi connectivity index (χ0) is 24.9. The van der Waals surface area contributed by atoms with Crippen molar-refractivity contribution in [2.24, 2.45) is 5.73 Å². The van der Waals surface area contributed by atoms with Crippen LogP contribution in [0.15, 0.2) is 52.4 Å². The third kappa shape index (κ3) is 6.14. The number of carbonyl (C=O) groups is 1.